The second-order valence-electron chi connectivity index (χ2n) is 11.4. The number of carbonyl (C=O) groups excluding carboxylic acids is 2. The summed E-state index contributed by atoms with van der Waals surface area (Å²) in [7, 11) is 0. The standard InChI is InChI=1S/C32H39N5O5/c1-32(2,3)42-31(39)37-23-10-6-22(7-11-23)30(38)36-24-16-27(40-25-12-4-20(19-33)5-13-25)18-28(17-24)41-26-14-8-21(9-15-26)29(34)35/h4-5,8-9,12-18,22-23H,6-7,10-11,19,33H2,1-3H3,(H3,34,35)(H,36,38)(H,37,39). The Bertz CT molecular complexity index is 1390. The minimum atomic E-state index is -0.562. The third kappa shape index (κ3) is 8.97. The molecule has 0 atom stereocenters. The molecule has 1 aliphatic rings. The van der Waals surface area contributed by atoms with Gasteiger partial charge in [0.25, 0.3) is 0 Å². The summed E-state index contributed by atoms with van der Waals surface area (Å²) in [6.07, 6.45) is 2.21. The van der Waals surface area contributed by atoms with Crippen molar-refractivity contribution in [2.75, 3.05) is 5.32 Å². The Labute approximate surface area is 246 Å². The third-order valence-corrected chi connectivity index (χ3v) is 6.76. The van der Waals surface area contributed by atoms with E-state index in [0.717, 1.165) is 5.56 Å². The van der Waals surface area contributed by atoms with Gasteiger partial charge in [-0.3, -0.25) is 10.2 Å². The zero-order chi connectivity index (χ0) is 30.3. The van der Waals surface area contributed by atoms with Crippen LogP contribution in [0.15, 0.2) is 66.7 Å². The van der Waals surface area contributed by atoms with Gasteiger partial charge in [-0.1, -0.05) is 12.1 Å². The Morgan fingerprint density at radius 1 is 0.857 bits per heavy atom. The molecule has 0 heterocycles. The van der Waals surface area contributed by atoms with Gasteiger partial charge in [-0.2, -0.15) is 0 Å². The monoisotopic (exact) mass is 573 g/mol. The second kappa shape index (κ2) is 13.4. The van der Waals surface area contributed by atoms with E-state index in [2.05, 4.69) is 10.6 Å². The van der Waals surface area contributed by atoms with Crippen LogP contribution in [0.4, 0.5) is 10.5 Å². The Morgan fingerprint density at radius 3 is 1.90 bits per heavy atom. The fourth-order valence-electron chi connectivity index (χ4n) is 4.65. The van der Waals surface area contributed by atoms with Crippen LogP contribution < -0.4 is 31.6 Å². The van der Waals surface area contributed by atoms with Gasteiger partial charge in [-0.05, 0) is 88.4 Å². The highest BCUT2D eigenvalue weighted by atomic mass is 16.6. The molecule has 3 aromatic carbocycles. The van der Waals surface area contributed by atoms with Gasteiger partial charge >= 0.3 is 6.09 Å². The summed E-state index contributed by atoms with van der Waals surface area (Å²) in [5, 5.41) is 13.5. The van der Waals surface area contributed by atoms with Crippen molar-refractivity contribution >= 4 is 23.5 Å². The molecule has 0 spiro atoms. The van der Waals surface area contributed by atoms with Crippen molar-refractivity contribution in [2.45, 2.75) is 64.6 Å². The lowest BCUT2D eigenvalue weighted by Crippen LogP contribution is -2.42. The van der Waals surface area contributed by atoms with Crippen molar-refractivity contribution in [2.24, 2.45) is 17.4 Å². The first-order valence-corrected chi connectivity index (χ1v) is 14.0. The lowest BCUT2D eigenvalue weighted by atomic mass is 9.85. The average molecular weight is 574 g/mol. The number of alkyl carbamates (subject to hydrolysis) is 1. The van der Waals surface area contributed by atoms with E-state index >= 15 is 0 Å². The van der Waals surface area contributed by atoms with Gasteiger partial charge in [-0.25, -0.2) is 4.79 Å². The van der Waals surface area contributed by atoms with Gasteiger partial charge < -0.3 is 36.3 Å². The first-order chi connectivity index (χ1) is 20.0. The summed E-state index contributed by atoms with van der Waals surface area (Å²) < 4.78 is 17.5. The number of anilines is 1. The summed E-state index contributed by atoms with van der Waals surface area (Å²) >= 11 is 0. The molecule has 1 saturated carbocycles. The fourth-order valence-corrected chi connectivity index (χ4v) is 4.65. The molecule has 2 amide bonds. The van der Waals surface area contributed by atoms with E-state index < -0.39 is 11.7 Å². The second-order valence-corrected chi connectivity index (χ2v) is 11.4. The molecule has 4 rings (SSSR count). The predicted molar refractivity (Wildman–Crippen MR) is 162 cm³/mol. The van der Waals surface area contributed by atoms with Gasteiger partial charge in [0.1, 0.15) is 34.4 Å². The molecule has 3 aromatic rings. The predicted octanol–water partition coefficient (Wildman–Crippen LogP) is 6.04. The molecule has 0 aromatic heterocycles. The third-order valence-electron chi connectivity index (χ3n) is 6.76. The summed E-state index contributed by atoms with van der Waals surface area (Å²) in [4.78, 5) is 25.4. The number of ether oxygens (including phenoxy) is 3. The molecule has 0 bridgehead atoms. The van der Waals surface area contributed by atoms with Gasteiger partial charge in [-0.15, -0.1) is 0 Å². The molecular weight excluding hydrogens is 534 g/mol. The number of hydrogen-bond acceptors (Lipinski definition) is 7. The van der Waals surface area contributed by atoms with Crippen molar-refractivity contribution in [1.82, 2.24) is 5.32 Å². The Balaban J connectivity index is 1.45. The van der Waals surface area contributed by atoms with Gasteiger partial charge in [0.15, 0.2) is 0 Å². The Kier molecular flexibility index (Phi) is 9.69. The van der Waals surface area contributed by atoms with Crippen molar-refractivity contribution < 1.29 is 23.8 Å². The molecule has 0 radical (unpaired) electrons. The normalized spacial score (nSPS) is 16.7. The van der Waals surface area contributed by atoms with E-state index in [0.29, 0.717) is 66.5 Å². The van der Waals surface area contributed by atoms with Crippen LogP contribution in [0, 0.1) is 11.3 Å². The Morgan fingerprint density at radius 2 is 1.40 bits per heavy atom. The molecule has 1 aliphatic carbocycles. The van der Waals surface area contributed by atoms with Crippen molar-refractivity contribution in [1.29, 1.82) is 5.41 Å². The number of hydrogen-bond donors (Lipinski definition) is 5. The zero-order valence-corrected chi connectivity index (χ0v) is 24.2. The molecule has 42 heavy (non-hydrogen) atoms. The average Bonchev–Trinajstić information content (AvgIpc) is 2.93. The summed E-state index contributed by atoms with van der Waals surface area (Å²) in [6.45, 7) is 5.91. The van der Waals surface area contributed by atoms with Crippen LogP contribution in [-0.2, 0) is 16.1 Å². The van der Waals surface area contributed by atoms with E-state index in [-0.39, 0.29) is 23.7 Å². The molecule has 1 fully saturated rings. The maximum Gasteiger partial charge on any atom is 0.407 e. The Hall–Kier alpha value is -4.57. The lowest BCUT2D eigenvalue weighted by Gasteiger charge is -2.29. The highest BCUT2D eigenvalue weighted by Crippen LogP contribution is 2.34. The van der Waals surface area contributed by atoms with Crippen LogP contribution in [-0.4, -0.2) is 29.5 Å². The lowest BCUT2D eigenvalue weighted by molar-refractivity contribution is -0.120. The largest absolute Gasteiger partial charge is 0.457 e. The minimum Gasteiger partial charge on any atom is -0.457 e. The van der Waals surface area contributed by atoms with Crippen LogP contribution in [0.2, 0.25) is 0 Å². The highest BCUT2D eigenvalue weighted by Gasteiger charge is 2.28. The number of amides is 2. The maximum atomic E-state index is 13.2. The van der Waals surface area contributed by atoms with E-state index in [4.69, 9.17) is 31.1 Å². The van der Waals surface area contributed by atoms with Crippen LogP contribution in [0.3, 0.4) is 0 Å². The molecule has 10 heteroatoms. The van der Waals surface area contributed by atoms with E-state index in [1.165, 1.54) is 0 Å². The molecular formula is C32H39N5O5. The van der Waals surface area contributed by atoms with E-state index in [9.17, 15) is 9.59 Å². The number of nitrogens with one attached hydrogen (secondary N) is 3. The molecule has 0 saturated heterocycles. The smallest absolute Gasteiger partial charge is 0.407 e. The first kappa shape index (κ1) is 30.4. The number of nitrogens with two attached hydrogens (primary N) is 2. The summed E-state index contributed by atoms with van der Waals surface area (Å²) in [5.41, 5.74) is 12.8. The molecule has 0 unspecified atom stereocenters. The highest BCUT2D eigenvalue weighted by molar-refractivity contribution is 5.95. The van der Waals surface area contributed by atoms with Crippen molar-refractivity contribution in [3.05, 3.63) is 77.9 Å². The van der Waals surface area contributed by atoms with E-state index in [1.807, 2.05) is 45.0 Å². The molecule has 10 nitrogen and oxygen atoms in total. The van der Waals surface area contributed by atoms with Crippen molar-refractivity contribution in [3.63, 3.8) is 0 Å². The summed E-state index contributed by atoms with van der Waals surface area (Å²) in [6, 6.07) is 19.5. The first-order valence-electron chi connectivity index (χ1n) is 14.0. The number of nitrogen functional groups attached to an aromatic ring is 1. The van der Waals surface area contributed by atoms with Gasteiger partial charge in [0.05, 0.1) is 0 Å². The minimum absolute atomic E-state index is 0.0271. The number of carbonyl (C=O) groups is 2. The topological polar surface area (TPSA) is 162 Å². The zero-order valence-electron chi connectivity index (χ0n) is 24.2. The molecule has 7 N–H and O–H groups in total. The van der Waals surface area contributed by atoms with Crippen LogP contribution in [0.1, 0.15) is 57.6 Å². The van der Waals surface area contributed by atoms with Gasteiger partial charge in [0, 0.05) is 48.0 Å². The number of benzene rings is 3. The quantitative estimate of drug-likeness (QED) is 0.154. The van der Waals surface area contributed by atoms with Crippen LogP contribution >= 0.6 is 0 Å². The fraction of sp³-hybridized carbons (Fsp3) is 0.344. The number of rotatable bonds is 9. The molecule has 222 valence electrons. The van der Waals surface area contributed by atoms with Gasteiger partial charge in [0.2, 0.25) is 5.91 Å². The van der Waals surface area contributed by atoms with E-state index in [1.54, 1.807) is 42.5 Å². The van der Waals surface area contributed by atoms with Crippen molar-refractivity contribution in [3.8, 4) is 23.0 Å². The number of amidine groups is 1. The molecule has 0 aliphatic heterocycles. The van der Waals surface area contributed by atoms with Crippen LogP contribution in [0.25, 0.3) is 0 Å². The summed E-state index contributed by atoms with van der Waals surface area (Å²) in [5.74, 6) is 1.76. The van der Waals surface area contributed by atoms with Crippen LogP contribution in [0.5, 0.6) is 23.0 Å². The SMILES string of the molecule is CC(C)(C)OC(=O)NC1CCC(C(=O)Nc2cc(Oc3ccc(CN)cc3)cc(Oc3ccc(C(=N)N)cc3)c2)CC1. The maximum absolute atomic E-state index is 13.2.